The van der Waals surface area contributed by atoms with Gasteiger partial charge in [0.15, 0.2) is 5.13 Å². The van der Waals surface area contributed by atoms with Crippen molar-refractivity contribution in [2.24, 2.45) is 0 Å². The number of rotatable bonds is 3. The highest BCUT2D eigenvalue weighted by Gasteiger charge is 2.16. The second-order valence-electron chi connectivity index (χ2n) is 5.69. The summed E-state index contributed by atoms with van der Waals surface area (Å²) in [5.74, 6) is 0. The first-order chi connectivity index (χ1) is 10.8. The lowest BCUT2D eigenvalue weighted by Crippen LogP contribution is -2.16. The summed E-state index contributed by atoms with van der Waals surface area (Å²) in [4.78, 5) is 23.2. The van der Waals surface area contributed by atoms with Gasteiger partial charge in [0.2, 0.25) is 0 Å². The van der Waals surface area contributed by atoms with Gasteiger partial charge in [0.05, 0.1) is 0 Å². The minimum atomic E-state index is -0.00479. The first-order valence-corrected chi connectivity index (χ1v) is 8.42. The first kappa shape index (κ1) is 13.5. The van der Waals surface area contributed by atoms with Crippen LogP contribution in [0.1, 0.15) is 23.3 Å². The van der Waals surface area contributed by atoms with E-state index in [1.54, 1.807) is 11.3 Å². The predicted molar refractivity (Wildman–Crippen MR) is 90.9 cm³/mol. The van der Waals surface area contributed by atoms with E-state index >= 15 is 0 Å². The summed E-state index contributed by atoms with van der Waals surface area (Å²) in [6.07, 6.45) is 5.05. The number of H-pyrrole nitrogens is 1. The van der Waals surface area contributed by atoms with Crippen molar-refractivity contribution in [2.75, 3.05) is 18.0 Å². The monoisotopic (exact) mass is 311 g/mol. The van der Waals surface area contributed by atoms with Gasteiger partial charge in [-0.05, 0) is 30.4 Å². The number of pyridine rings is 1. The second kappa shape index (κ2) is 5.57. The van der Waals surface area contributed by atoms with Crippen molar-refractivity contribution in [3.63, 3.8) is 0 Å². The van der Waals surface area contributed by atoms with Crippen molar-refractivity contribution in [3.05, 3.63) is 57.3 Å². The molecule has 1 fully saturated rings. The zero-order chi connectivity index (χ0) is 14.9. The molecule has 0 spiro atoms. The minimum absolute atomic E-state index is 0.00479. The summed E-state index contributed by atoms with van der Waals surface area (Å²) in [5, 5.41) is 2.16. The Morgan fingerprint density at radius 3 is 2.91 bits per heavy atom. The van der Waals surface area contributed by atoms with Crippen LogP contribution in [-0.4, -0.2) is 23.1 Å². The van der Waals surface area contributed by atoms with Crippen LogP contribution in [-0.2, 0) is 6.42 Å². The van der Waals surface area contributed by atoms with E-state index in [-0.39, 0.29) is 5.56 Å². The van der Waals surface area contributed by atoms with E-state index in [1.165, 1.54) is 12.8 Å². The Kier molecular flexibility index (Phi) is 3.42. The molecule has 1 N–H and O–H groups in total. The number of hydrogen-bond donors (Lipinski definition) is 1. The van der Waals surface area contributed by atoms with E-state index in [2.05, 4.69) is 14.9 Å². The van der Waals surface area contributed by atoms with Crippen LogP contribution in [0.25, 0.3) is 10.9 Å². The van der Waals surface area contributed by atoms with Crippen molar-refractivity contribution < 1.29 is 0 Å². The van der Waals surface area contributed by atoms with Gasteiger partial charge in [-0.15, -0.1) is 11.3 Å². The average molecular weight is 311 g/mol. The van der Waals surface area contributed by atoms with Crippen molar-refractivity contribution in [1.82, 2.24) is 9.97 Å². The van der Waals surface area contributed by atoms with Gasteiger partial charge in [0.25, 0.3) is 5.56 Å². The molecule has 0 aliphatic carbocycles. The van der Waals surface area contributed by atoms with Gasteiger partial charge in [-0.2, -0.15) is 0 Å². The van der Waals surface area contributed by atoms with Gasteiger partial charge in [-0.25, -0.2) is 4.98 Å². The fourth-order valence-electron chi connectivity index (χ4n) is 2.95. The van der Waals surface area contributed by atoms with Gasteiger partial charge >= 0.3 is 0 Å². The highest BCUT2D eigenvalue weighted by Crippen LogP contribution is 2.27. The van der Waals surface area contributed by atoms with Crippen LogP contribution in [0.4, 0.5) is 5.13 Å². The highest BCUT2D eigenvalue weighted by molar-refractivity contribution is 7.15. The second-order valence-corrected chi connectivity index (χ2v) is 6.78. The number of anilines is 1. The molecule has 2 aromatic heterocycles. The molecule has 1 saturated heterocycles. The molecule has 0 bridgehead atoms. The van der Waals surface area contributed by atoms with Crippen molar-refractivity contribution in [3.8, 4) is 0 Å². The lowest BCUT2D eigenvalue weighted by molar-refractivity contribution is 0.949. The molecule has 3 heterocycles. The summed E-state index contributed by atoms with van der Waals surface area (Å²) < 4.78 is 0. The number of hydrogen-bond acceptors (Lipinski definition) is 4. The Morgan fingerprint density at radius 1 is 1.23 bits per heavy atom. The molecule has 0 amide bonds. The Labute approximate surface area is 132 Å². The largest absolute Gasteiger partial charge is 0.348 e. The maximum atomic E-state index is 12.2. The summed E-state index contributed by atoms with van der Waals surface area (Å²) in [7, 11) is 0. The summed E-state index contributed by atoms with van der Waals surface area (Å²) >= 11 is 1.70. The molecule has 112 valence electrons. The zero-order valence-corrected chi connectivity index (χ0v) is 13.0. The molecule has 0 atom stereocenters. The van der Waals surface area contributed by atoms with Gasteiger partial charge < -0.3 is 9.88 Å². The topological polar surface area (TPSA) is 49.0 Å². The summed E-state index contributed by atoms with van der Waals surface area (Å²) in [6, 6.07) is 9.87. The molecule has 1 aromatic carbocycles. The van der Waals surface area contributed by atoms with Crippen LogP contribution in [0.2, 0.25) is 0 Å². The molecule has 0 unspecified atom stereocenters. The number of benzene rings is 1. The van der Waals surface area contributed by atoms with Crippen molar-refractivity contribution >= 4 is 27.4 Å². The number of aromatic nitrogens is 2. The first-order valence-electron chi connectivity index (χ1n) is 7.60. The molecule has 3 aromatic rings. The van der Waals surface area contributed by atoms with Crippen LogP contribution >= 0.6 is 11.3 Å². The third-order valence-corrected chi connectivity index (χ3v) is 5.17. The highest BCUT2D eigenvalue weighted by atomic mass is 32.1. The number of nitrogens with zero attached hydrogens (tertiary/aromatic N) is 2. The van der Waals surface area contributed by atoms with Gasteiger partial charge in [-0.3, -0.25) is 4.79 Å². The number of nitrogens with one attached hydrogen (secondary N) is 1. The van der Waals surface area contributed by atoms with E-state index in [0.717, 1.165) is 39.6 Å². The Balaban J connectivity index is 1.63. The number of para-hydroxylation sites is 1. The van der Waals surface area contributed by atoms with Gasteiger partial charge in [0, 0.05) is 41.7 Å². The number of fused-ring (bicyclic) bond motifs is 1. The van der Waals surface area contributed by atoms with Gasteiger partial charge in [-0.1, -0.05) is 18.2 Å². The average Bonchev–Trinajstić information content (AvgIpc) is 3.18. The molecule has 4 nitrogen and oxygen atoms in total. The van der Waals surface area contributed by atoms with Crippen LogP contribution in [0.15, 0.2) is 41.3 Å². The third kappa shape index (κ3) is 2.52. The molecular formula is C17H17N3OS. The molecule has 1 aliphatic heterocycles. The number of thiazole rings is 1. The maximum Gasteiger partial charge on any atom is 0.251 e. The van der Waals surface area contributed by atoms with Crippen LogP contribution in [0.5, 0.6) is 0 Å². The molecule has 22 heavy (non-hydrogen) atoms. The van der Waals surface area contributed by atoms with Crippen LogP contribution < -0.4 is 10.5 Å². The Morgan fingerprint density at radius 2 is 2.05 bits per heavy atom. The fraction of sp³-hybridized carbons (Fsp3) is 0.294. The smallest absolute Gasteiger partial charge is 0.251 e. The van der Waals surface area contributed by atoms with Crippen molar-refractivity contribution in [2.45, 2.75) is 19.3 Å². The van der Waals surface area contributed by atoms with E-state index < -0.39 is 0 Å². The zero-order valence-electron chi connectivity index (χ0n) is 12.2. The van der Waals surface area contributed by atoms with E-state index in [1.807, 2.05) is 36.5 Å². The lowest BCUT2D eigenvalue weighted by Gasteiger charge is -2.12. The summed E-state index contributed by atoms with van der Waals surface area (Å²) in [6.45, 7) is 2.20. The molecule has 0 radical (unpaired) electrons. The third-order valence-electron chi connectivity index (χ3n) is 4.11. The Hall–Kier alpha value is -2.14. The Bertz CT molecular complexity index is 861. The van der Waals surface area contributed by atoms with E-state index in [0.29, 0.717) is 6.42 Å². The predicted octanol–water partition coefficient (Wildman–Crippen LogP) is 3.18. The molecule has 0 saturated carbocycles. The minimum Gasteiger partial charge on any atom is -0.348 e. The molecular weight excluding hydrogens is 294 g/mol. The normalized spacial score (nSPS) is 14.8. The van der Waals surface area contributed by atoms with E-state index in [9.17, 15) is 4.79 Å². The van der Waals surface area contributed by atoms with E-state index in [4.69, 9.17) is 0 Å². The standard InChI is InChI=1S/C17H17N3OS/c21-16-13(9-12-5-1-2-6-15(12)19-16)10-14-11-18-17(22-14)20-7-3-4-8-20/h1-2,5-6,9,11H,3-4,7-8,10H2,(H,19,21). The van der Waals surface area contributed by atoms with Crippen molar-refractivity contribution in [1.29, 1.82) is 0 Å². The van der Waals surface area contributed by atoms with Crippen LogP contribution in [0, 0.1) is 0 Å². The maximum absolute atomic E-state index is 12.2. The quantitative estimate of drug-likeness (QED) is 0.808. The number of aromatic amines is 1. The van der Waals surface area contributed by atoms with Gasteiger partial charge in [0.1, 0.15) is 0 Å². The SMILES string of the molecule is O=c1[nH]c2ccccc2cc1Cc1cnc(N2CCCC2)s1. The molecule has 5 heteroatoms. The molecule has 4 rings (SSSR count). The lowest BCUT2D eigenvalue weighted by atomic mass is 10.1. The van der Waals surface area contributed by atoms with Crippen LogP contribution in [0.3, 0.4) is 0 Å². The summed E-state index contributed by atoms with van der Waals surface area (Å²) in [5.41, 5.74) is 1.68. The molecule has 1 aliphatic rings. The fourth-order valence-corrected chi connectivity index (χ4v) is 3.93.